The predicted octanol–water partition coefficient (Wildman–Crippen LogP) is 2.23. The highest BCUT2D eigenvalue weighted by Gasteiger charge is 2.30. The number of hydrogen-bond donors (Lipinski definition) is 1. The van der Waals surface area contributed by atoms with E-state index in [1.165, 1.54) is 47.1 Å². The van der Waals surface area contributed by atoms with Gasteiger partial charge in [-0.1, -0.05) is 30.7 Å². The van der Waals surface area contributed by atoms with Gasteiger partial charge in [0.2, 0.25) is 21.1 Å². The lowest BCUT2D eigenvalue weighted by Crippen LogP contribution is -2.51. The highest BCUT2D eigenvalue weighted by Crippen LogP contribution is 2.32. The smallest absolute Gasteiger partial charge is 0.243 e. The Morgan fingerprint density at radius 1 is 1.20 bits per heavy atom. The molecule has 0 radical (unpaired) electrons. The summed E-state index contributed by atoms with van der Waals surface area (Å²) in [6.45, 7) is 0.966. The Kier molecular flexibility index (Phi) is 6.40. The fourth-order valence-electron chi connectivity index (χ4n) is 3.88. The third-order valence-electron chi connectivity index (χ3n) is 5.57. The van der Waals surface area contributed by atoms with Crippen molar-refractivity contribution in [2.45, 2.75) is 41.7 Å². The van der Waals surface area contributed by atoms with Gasteiger partial charge < -0.3 is 4.90 Å². The van der Waals surface area contributed by atoms with Gasteiger partial charge in [0, 0.05) is 32.1 Å². The number of hydrogen-bond acceptors (Lipinski definition) is 6. The van der Waals surface area contributed by atoms with Crippen LogP contribution in [0.15, 0.2) is 34.3 Å². The van der Waals surface area contributed by atoms with Gasteiger partial charge in [-0.2, -0.15) is 4.31 Å². The summed E-state index contributed by atoms with van der Waals surface area (Å²) in [5.41, 5.74) is 0. The maximum atomic E-state index is 13.4. The maximum absolute atomic E-state index is 13.4. The number of H-pyrrole nitrogens is 1. The van der Waals surface area contributed by atoms with Gasteiger partial charge in [0.15, 0.2) is 0 Å². The number of benzene rings is 1. The first kappa shape index (κ1) is 21.3. The minimum Gasteiger partial charge on any atom is -0.339 e. The number of aromatic amines is 1. The van der Waals surface area contributed by atoms with Crippen LogP contribution in [0, 0.1) is 5.82 Å². The Balaban J connectivity index is 1.28. The van der Waals surface area contributed by atoms with Crippen molar-refractivity contribution < 1.29 is 17.6 Å². The minimum atomic E-state index is -3.77. The summed E-state index contributed by atoms with van der Waals surface area (Å²) < 4.78 is 40.0. The number of halogens is 1. The van der Waals surface area contributed by atoms with Crippen molar-refractivity contribution in [1.82, 2.24) is 24.4 Å². The summed E-state index contributed by atoms with van der Waals surface area (Å²) in [6, 6.07) is 4.97. The van der Waals surface area contributed by atoms with Crippen LogP contribution < -0.4 is 0 Å². The Bertz CT molecular complexity index is 999. The van der Waals surface area contributed by atoms with Gasteiger partial charge in [-0.15, -0.1) is 5.10 Å². The van der Waals surface area contributed by atoms with Crippen LogP contribution in [0.25, 0.3) is 0 Å². The van der Waals surface area contributed by atoms with Crippen LogP contribution in [0.2, 0.25) is 0 Å². The van der Waals surface area contributed by atoms with Gasteiger partial charge in [0.25, 0.3) is 0 Å². The number of carbonyl (C=O) groups excluding carboxylic acids is 1. The van der Waals surface area contributed by atoms with Crippen LogP contribution in [0.4, 0.5) is 4.39 Å². The molecule has 2 aliphatic rings. The molecule has 8 nitrogen and oxygen atoms in total. The zero-order valence-electron chi connectivity index (χ0n) is 16.5. The van der Waals surface area contributed by atoms with Crippen molar-refractivity contribution in [3.63, 3.8) is 0 Å². The van der Waals surface area contributed by atoms with E-state index in [1.54, 1.807) is 4.90 Å². The number of amides is 1. The summed E-state index contributed by atoms with van der Waals surface area (Å²) in [6.07, 6.45) is 4.68. The largest absolute Gasteiger partial charge is 0.339 e. The fraction of sp³-hybridized carbons (Fsp3) is 0.526. The number of sulfonamides is 1. The molecule has 30 heavy (non-hydrogen) atoms. The first-order chi connectivity index (χ1) is 14.4. The molecule has 1 N–H and O–H groups in total. The molecule has 1 aromatic heterocycles. The summed E-state index contributed by atoms with van der Waals surface area (Å²) in [4.78, 5) is 18.6. The van der Waals surface area contributed by atoms with E-state index in [9.17, 15) is 17.6 Å². The van der Waals surface area contributed by atoms with E-state index >= 15 is 0 Å². The summed E-state index contributed by atoms with van der Waals surface area (Å²) in [5.74, 6) is 0.882. The van der Waals surface area contributed by atoms with Crippen molar-refractivity contribution in [1.29, 1.82) is 0 Å². The topological polar surface area (TPSA) is 99.3 Å². The van der Waals surface area contributed by atoms with Crippen LogP contribution in [0.1, 0.15) is 37.4 Å². The number of thioether (sulfide) groups is 1. The monoisotopic (exact) mass is 453 g/mol. The number of carbonyl (C=O) groups is 1. The highest BCUT2D eigenvalue weighted by molar-refractivity contribution is 7.99. The molecule has 11 heteroatoms. The zero-order chi connectivity index (χ0) is 21.1. The number of nitrogens with zero attached hydrogens (tertiary/aromatic N) is 4. The van der Waals surface area contributed by atoms with Crippen molar-refractivity contribution in [2.75, 3.05) is 31.9 Å². The Morgan fingerprint density at radius 3 is 2.63 bits per heavy atom. The van der Waals surface area contributed by atoms with Gasteiger partial charge in [-0.3, -0.25) is 9.89 Å². The molecular weight excluding hydrogens is 429 g/mol. The van der Waals surface area contributed by atoms with E-state index in [0.29, 0.717) is 24.2 Å². The lowest BCUT2D eigenvalue weighted by atomic mass is 10.1. The molecule has 1 aliphatic carbocycles. The molecule has 1 saturated carbocycles. The average Bonchev–Trinajstić information content (AvgIpc) is 3.44. The molecule has 1 aliphatic heterocycles. The maximum Gasteiger partial charge on any atom is 0.243 e. The molecule has 2 aromatic rings. The van der Waals surface area contributed by atoms with Gasteiger partial charge in [0.05, 0.1) is 10.6 Å². The average molecular weight is 454 g/mol. The molecule has 0 bridgehead atoms. The SMILES string of the molecule is O=C(CSc1n[nH]c(C2CCCC2)n1)N1CCN(S(=O)(=O)c2cccc(F)c2)CC1. The standard InChI is InChI=1S/C19H24FN5O3S2/c20-15-6-3-7-16(12-15)30(27,28)25-10-8-24(9-11-25)17(26)13-29-19-21-18(22-23-19)14-4-1-2-5-14/h3,6-7,12,14H,1-2,4-5,8-11,13H2,(H,21,22,23). The van der Waals surface area contributed by atoms with Crippen molar-refractivity contribution >= 4 is 27.7 Å². The van der Waals surface area contributed by atoms with E-state index < -0.39 is 15.8 Å². The lowest BCUT2D eigenvalue weighted by Gasteiger charge is -2.34. The number of aromatic nitrogens is 3. The molecule has 0 unspecified atom stereocenters. The normalized spacial score (nSPS) is 18.8. The Morgan fingerprint density at radius 2 is 1.93 bits per heavy atom. The molecule has 2 heterocycles. The third-order valence-corrected chi connectivity index (χ3v) is 8.30. The van der Waals surface area contributed by atoms with Crippen LogP contribution in [-0.4, -0.2) is 70.6 Å². The van der Waals surface area contributed by atoms with Crippen LogP contribution in [0.5, 0.6) is 0 Å². The second kappa shape index (κ2) is 9.03. The molecule has 0 spiro atoms. The Hall–Kier alpha value is -1.98. The minimum absolute atomic E-state index is 0.0690. The molecular formula is C19H24FN5O3S2. The molecule has 1 aromatic carbocycles. The van der Waals surface area contributed by atoms with Crippen molar-refractivity contribution in [3.05, 3.63) is 35.9 Å². The highest BCUT2D eigenvalue weighted by atomic mass is 32.2. The molecule has 4 rings (SSSR count). The van der Waals surface area contributed by atoms with Gasteiger partial charge >= 0.3 is 0 Å². The van der Waals surface area contributed by atoms with Crippen LogP contribution in [-0.2, 0) is 14.8 Å². The lowest BCUT2D eigenvalue weighted by molar-refractivity contribution is -0.129. The first-order valence-corrected chi connectivity index (χ1v) is 12.4. The summed E-state index contributed by atoms with van der Waals surface area (Å²) in [7, 11) is -3.77. The van der Waals surface area contributed by atoms with Crippen LogP contribution in [0.3, 0.4) is 0 Å². The summed E-state index contributed by atoms with van der Waals surface area (Å²) in [5, 5.41) is 7.75. The van der Waals surface area contributed by atoms with E-state index in [4.69, 9.17) is 0 Å². The first-order valence-electron chi connectivity index (χ1n) is 10.0. The van der Waals surface area contributed by atoms with Crippen molar-refractivity contribution in [2.24, 2.45) is 0 Å². The van der Waals surface area contributed by atoms with Crippen molar-refractivity contribution in [3.8, 4) is 0 Å². The predicted molar refractivity (Wildman–Crippen MR) is 110 cm³/mol. The van der Waals surface area contributed by atoms with Gasteiger partial charge in [-0.05, 0) is 31.0 Å². The molecule has 1 amide bonds. The summed E-state index contributed by atoms with van der Waals surface area (Å²) >= 11 is 1.29. The van der Waals surface area contributed by atoms with Crippen LogP contribution >= 0.6 is 11.8 Å². The number of rotatable bonds is 6. The van der Waals surface area contributed by atoms with Gasteiger partial charge in [0.1, 0.15) is 11.6 Å². The molecule has 2 fully saturated rings. The van der Waals surface area contributed by atoms with E-state index in [0.717, 1.165) is 24.7 Å². The van der Waals surface area contributed by atoms with Gasteiger partial charge in [-0.25, -0.2) is 17.8 Å². The molecule has 1 saturated heterocycles. The van der Waals surface area contributed by atoms with E-state index in [2.05, 4.69) is 15.2 Å². The molecule has 0 atom stereocenters. The second-order valence-corrected chi connectivity index (χ2v) is 10.4. The Labute approximate surface area is 179 Å². The zero-order valence-corrected chi connectivity index (χ0v) is 18.1. The second-order valence-electron chi connectivity index (χ2n) is 7.52. The number of piperazine rings is 1. The third kappa shape index (κ3) is 4.68. The van der Waals surface area contributed by atoms with E-state index in [-0.39, 0.29) is 29.6 Å². The number of nitrogens with one attached hydrogen (secondary N) is 1. The fourth-order valence-corrected chi connectivity index (χ4v) is 6.04. The quantitative estimate of drug-likeness (QED) is 0.674. The molecule has 162 valence electrons. The van der Waals surface area contributed by atoms with E-state index in [1.807, 2.05) is 0 Å².